The third kappa shape index (κ3) is 1.71. The van der Waals surface area contributed by atoms with Crippen molar-refractivity contribution in [2.75, 3.05) is 6.54 Å². The zero-order valence-corrected chi connectivity index (χ0v) is 7.42. The van der Waals surface area contributed by atoms with E-state index in [1.807, 2.05) is 25.7 Å². The van der Waals surface area contributed by atoms with Gasteiger partial charge in [-0.05, 0) is 20.8 Å². The summed E-state index contributed by atoms with van der Waals surface area (Å²) in [4.78, 5) is 13.1. The van der Waals surface area contributed by atoms with Crippen LogP contribution >= 0.6 is 0 Å². The molecule has 3 nitrogen and oxygen atoms in total. The van der Waals surface area contributed by atoms with Gasteiger partial charge in [0, 0.05) is 24.5 Å². The molecule has 1 aliphatic heterocycles. The number of nitrogens with two attached hydrogens (primary N) is 1. The van der Waals surface area contributed by atoms with Gasteiger partial charge in [0.1, 0.15) is 0 Å². The fourth-order valence-corrected chi connectivity index (χ4v) is 1.45. The van der Waals surface area contributed by atoms with Gasteiger partial charge in [-0.1, -0.05) is 0 Å². The normalized spacial score (nSPS) is 32.1. The first-order chi connectivity index (χ1) is 4.92. The first-order valence-electron chi connectivity index (χ1n) is 4.01. The van der Waals surface area contributed by atoms with Crippen molar-refractivity contribution >= 4 is 5.91 Å². The van der Waals surface area contributed by atoms with Gasteiger partial charge in [-0.25, -0.2) is 0 Å². The Kier molecular flexibility index (Phi) is 1.92. The van der Waals surface area contributed by atoms with Crippen LogP contribution in [0.3, 0.4) is 0 Å². The molecule has 2 N–H and O–H groups in total. The summed E-state index contributed by atoms with van der Waals surface area (Å²) >= 11 is 0. The highest BCUT2D eigenvalue weighted by molar-refractivity contribution is 5.80. The second-order valence-corrected chi connectivity index (χ2v) is 3.95. The Morgan fingerprint density at radius 3 is 2.36 bits per heavy atom. The van der Waals surface area contributed by atoms with Crippen LogP contribution in [0.25, 0.3) is 0 Å². The van der Waals surface area contributed by atoms with E-state index in [1.165, 1.54) is 0 Å². The van der Waals surface area contributed by atoms with Crippen LogP contribution in [-0.4, -0.2) is 28.9 Å². The first-order valence-corrected chi connectivity index (χ1v) is 4.01. The molecule has 1 fully saturated rings. The lowest BCUT2D eigenvalue weighted by Crippen LogP contribution is -2.41. The second kappa shape index (κ2) is 2.48. The van der Waals surface area contributed by atoms with Crippen molar-refractivity contribution in [2.24, 2.45) is 5.73 Å². The highest BCUT2D eigenvalue weighted by atomic mass is 16.2. The summed E-state index contributed by atoms with van der Waals surface area (Å²) in [5, 5.41) is 0. The van der Waals surface area contributed by atoms with Gasteiger partial charge in [-0.15, -0.1) is 0 Å². The predicted molar refractivity (Wildman–Crippen MR) is 44.1 cm³/mol. The summed E-state index contributed by atoms with van der Waals surface area (Å²) in [7, 11) is 0. The summed E-state index contributed by atoms with van der Waals surface area (Å²) in [6, 6.07) is 0.285. The molecule has 11 heavy (non-hydrogen) atoms. The molecule has 1 heterocycles. The molecule has 1 amide bonds. The van der Waals surface area contributed by atoms with Crippen molar-refractivity contribution in [3.8, 4) is 0 Å². The molecule has 0 spiro atoms. The van der Waals surface area contributed by atoms with Gasteiger partial charge in [0.2, 0.25) is 5.91 Å². The molecule has 0 aromatic rings. The fourth-order valence-electron chi connectivity index (χ4n) is 1.45. The number of hydrogen-bond donors (Lipinski definition) is 1. The zero-order valence-electron chi connectivity index (χ0n) is 7.42. The Morgan fingerprint density at radius 1 is 1.64 bits per heavy atom. The third-order valence-electron chi connectivity index (χ3n) is 2.03. The minimum absolute atomic E-state index is 0.185. The molecule has 1 aliphatic rings. The van der Waals surface area contributed by atoms with Crippen LogP contribution in [0, 0.1) is 0 Å². The number of carbonyl (C=O) groups is 1. The SMILES string of the molecule is CC(C)N1CC(C)(N)CC1=O. The van der Waals surface area contributed by atoms with E-state index in [4.69, 9.17) is 5.73 Å². The van der Waals surface area contributed by atoms with E-state index in [-0.39, 0.29) is 17.5 Å². The maximum Gasteiger partial charge on any atom is 0.224 e. The van der Waals surface area contributed by atoms with Gasteiger partial charge in [0.05, 0.1) is 0 Å². The third-order valence-corrected chi connectivity index (χ3v) is 2.03. The lowest BCUT2D eigenvalue weighted by Gasteiger charge is -2.22. The van der Waals surface area contributed by atoms with Crippen LogP contribution in [0.1, 0.15) is 27.2 Å². The molecule has 3 heteroatoms. The van der Waals surface area contributed by atoms with Crippen LogP contribution in [-0.2, 0) is 4.79 Å². The lowest BCUT2D eigenvalue weighted by molar-refractivity contribution is -0.129. The quantitative estimate of drug-likeness (QED) is 0.595. The number of rotatable bonds is 1. The molecule has 1 rings (SSSR count). The largest absolute Gasteiger partial charge is 0.338 e. The highest BCUT2D eigenvalue weighted by Crippen LogP contribution is 2.20. The lowest BCUT2D eigenvalue weighted by atomic mass is 10.0. The fraction of sp³-hybridized carbons (Fsp3) is 0.875. The minimum Gasteiger partial charge on any atom is -0.338 e. The molecule has 1 unspecified atom stereocenters. The summed E-state index contributed by atoms with van der Waals surface area (Å²) in [6.45, 7) is 6.65. The molecule has 0 saturated carbocycles. The second-order valence-electron chi connectivity index (χ2n) is 3.95. The summed E-state index contributed by atoms with van der Waals surface area (Å²) in [6.07, 6.45) is 0.491. The topological polar surface area (TPSA) is 46.3 Å². The van der Waals surface area contributed by atoms with E-state index < -0.39 is 0 Å². The van der Waals surface area contributed by atoms with Gasteiger partial charge in [0.25, 0.3) is 0 Å². The molecule has 0 aliphatic carbocycles. The Balaban J connectivity index is 2.67. The average Bonchev–Trinajstić information content (AvgIpc) is 2.05. The van der Waals surface area contributed by atoms with E-state index in [2.05, 4.69) is 0 Å². The monoisotopic (exact) mass is 156 g/mol. The maximum atomic E-state index is 11.3. The highest BCUT2D eigenvalue weighted by Gasteiger charge is 2.37. The molecular weight excluding hydrogens is 140 g/mol. The van der Waals surface area contributed by atoms with E-state index in [1.54, 1.807) is 0 Å². The Labute approximate surface area is 67.5 Å². The van der Waals surface area contributed by atoms with E-state index in [0.717, 1.165) is 0 Å². The van der Waals surface area contributed by atoms with Gasteiger partial charge >= 0.3 is 0 Å². The van der Waals surface area contributed by atoms with E-state index in [0.29, 0.717) is 13.0 Å². The Hall–Kier alpha value is -0.570. The molecule has 0 aromatic heterocycles. The van der Waals surface area contributed by atoms with Gasteiger partial charge in [0.15, 0.2) is 0 Å². The Bertz CT molecular complexity index is 175. The molecule has 1 atom stereocenters. The summed E-state index contributed by atoms with van der Waals surface area (Å²) in [5.41, 5.74) is 5.53. The number of nitrogens with zero attached hydrogens (tertiary/aromatic N) is 1. The molecule has 1 saturated heterocycles. The molecule has 64 valence electrons. The number of hydrogen-bond acceptors (Lipinski definition) is 2. The van der Waals surface area contributed by atoms with Crippen molar-refractivity contribution in [3.05, 3.63) is 0 Å². The van der Waals surface area contributed by atoms with Crippen LogP contribution in [0.2, 0.25) is 0 Å². The van der Waals surface area contributed by atoms with Crippen LogP contribution < -0.4 is 5.73 Å². The standard InChI is InChI=1S/C8H16N2O/c1-6(2)10-5-8(3,9)4-7(10)11/h6H,4-5,9H2,1-3H3. The predicted octanol–water partition coefficient (Wildman–Crippen LogP) is 0.344. The van der Waals surface area contributed by atoms with Crippen molar-refractivity contribution in [2.45, 2.75) is 38.8 Å². The summed E-state index contributed by atoms with van der Waals surface area (Å²) < 4.78 is 0. The van der Waals surface area contributed by atoms with Gasteiger partial charge in [-0.3, -0.25) is 4.79 Å². The smallest absolute Gasteiger partial charge is 0.224 e. The average molecular weight is 156 g/mol. The number of amides is 1. The molecule has 0 aromatic carbocycles. The maximum absolute atomic E-state index is 11.3. The van der Waals surface area contributed by atoms with Gasteiger partial charge < -0.3 is 10.6 Å². The first kappa shape index (κ1) is 8.53. The summed E-state index contributed by atoms with van der Waals surface area (Å²) in [5.74, 6) is 0.185. The molecule has 0 radical (unpaired) electrons. The Morgan fingerprint density at radius 2 is 2.18 bits per heavy atom. The minimum atomic E-state index is -0.304. The molecule has 0 bridgehead atoms. The van der Waals surface area contributed by atoms with Crippen molar-refractivity contribution in [1.82, 2.24) is 4.90 Å². The zero-order chi connectivity index (χ0) is 8.65. The van der Waals surface area contributed by atoms with Crippen LogP contribution in [0.15, 0.2) is 0 Å². The number of carbonyl (C=O) groups excluding carboxylic acids is 1. The van der Waals surface area contributed by atoms with E-state index >= 15 is 0 Å². The van der Waals surface area contributed by atoms with Crippen LogP contribution in [0.5, 0.6) is 0 Å². The number of likely N-dealkylation sites (tertiary alicyclic amines) is 1. The van der Waals surface area contributed by atoms with Crippen molar-refractivity contribution < 1.29 is 4.79 Å². The molecular formula is C8H16N2O. The van der Waals surface area contributed by atoms with Crippen molar-refractivity contribution in [1.29, 1.82) is 0 Å². The van der Waals surface area contributed by atoms with Crippen molar-refractivity contribution in [3.63, 3.8) is 0 Å². The van der Waals surface area contributed by atoms with Gasteiger partial charge in [-0.2, -0.15) is 0 Å². The van der Waals surface area contributed by atoms with Crippen LogP contribution in [0.4, 0.5) is 0 Å². The van der Waals surface area contributed by atoms with E-state index in [9.17, 15) is 4.79 Å².